The molecule has 0 aliphatic carbocycles. The van der Waals surface area contributed by atoms with Crippen molar-refractivity contribution in [1.82, 2.24) is 4.90 Å². The number of hydrogen-bond acceptors (Lipinski definition) is 8. The van der Waals surface area contributed by atoms with Gasteiger partial charge >= 0.3 is 0 Å². The molecule has 0 aromatic heterocycles. The number of hydrazone groups is 1. The molecular formula is C18H20N6O4. The number of piperazine rings is 1. The molecule has 1 saturated heterocycles. The molecular weight excluding hydrogens is 364 g/mol. The lowest BCUT2D eigenvalue weighted by molar-refractivity contribution is -0.385. The lowest BCUT2D eigenvalue weighted by atomic mass is 10.1. The molecule has 0 unspecified atom stereocenters. The summed E-state index contributed by atoms with van der Waals surface area (Å²) in [5.74, 6) is 0. The monoisotopic (exact) mass is 384 g/mol. The molecule has 1 N–H and O–H groups in total. The molecule has 1 aliphatic heterocycles. The quantitative estimate of drug-likeness (QED) is 0.462. The van der Waals surface area contributed by atoms with Gasteiger partial charge < -0.3 is 9.80 Å². The summed E-state index contributed by atoms with van der Waals surface area (Å²) in [7, 11) is 2.06. The zero-order valence-electron chi connectivity index (χ0n) is 15.3. The van der Waals surface area contributed by atoms with E-state index in [1.807, 2.05) is 0 Å². The summed E-state index contributed by atoms with van der Waals surface area (Å²) < 4.78 is 0. The highest BCUT2D eigenvalue weighted by Crippen LogP contribution is 2.25. The van der Waals surface area contributed by atoms with Crippen LogP contribution in [0.5, 0.6) is 0 Å². The first-order valence-corrected chi connectivity index (χ1v) is 8.69. The number of nitro groups is 2. The molecule has 0 bridgehead atoms. The van der Waals surface area contributed by atoms with Crippen molar-refractivity contribution in [3.05, 3.63) is 68.3 Å². The molecule has 0 spiro atoms. The Morgan fingerprint density at radius 3 is 2.18 bits per heavy atom. The zero-order chi connectivity index (χ0) is 20.1. The van der Waals surface area contributed by atoms with Crippen molar-refractivity contribution in [3.8, 4) is 0 Å². The minimum absolute atomic E-state index is 0.00494. The van der Waals surface area contributed by atoms with Crippen LogP contribution in [0.2, 0.25) is 0 Å². The second-order valence-corrected chi connectivity index (χ2v) is 6.46. The predicted octanol–water partition coefficient (Wildman–Crippen LogP) is 2.70. The number of nitrogens with one attached hydrogen (secondary N) is 1. The molecule has 0 saturated carbocycles. The largest absolute Gasteiger partial charge is 0.368 e. The molecule has 28 heavy (non-hydrogen) atoms. The predicted molar refractivity (Wildman–Crippen MR) is 107 cm³/mol. The zero-order valence-corrected chi connectivity index (χ0v) is 15.3. The van der Waals surface area contributed by atoms with E-state index in [2.05, 4.69) is 27.4 Å². The second-order valence-electron chi connectivity index (χ2n) is 6.46. The van der Waals surface area contributed by atoms with Gasteiger partial charge in [0.2, 0.25) is 0 Å². The normalized spacial score (nSPS) is 15.0. The fraction of sp³-hybridized carbons (Fsp3) is 0.278. The number of benzene rings is 2. The molecule has 0 radical (unpaired) electrons. The van der Waals surface area contributed by atoms with E-state index in [-0.39, 0.29) is 11.4 Å². The highest BCUT2D eigenvalue weighted by molar-refractivity contribution is 5.89. The first-order valence-electron chi connectivity index (χ1n) is 8.69. The van der Waals surface area contributed by atoms with Gasteiger partial charge in [0.25, 0.3) is 11.4 Å². The Morgan fingerprint density at radius 1 is 0.964 bits per heavy atom. The summed E-state index contributed by atoms with van der Waals surface area (Å²) in [4.78, 5) is 25.3. The fourth-order valence-corrected chi connectivity index (χ4v) is 2.93. The van der Waals surface area contributed by atoms with Crippen molar-refractivity contribution in [1.29, 1.82) is 0 Å². The lowest BCUT2D eigenvalue weighted by Crippen LogP contribution is -2.44. The van der Waals surface area contributed by atoms with E-state index in [9.17, 15) is 20.2 Å². The van der Waals surface area contributed by atoms with Crippen LogP contribution in [0, 0.1) is 20.2 Å². The number of nitro benzene ring substituents is 2. The minimum atomic E-state index is -0.474. The molecule has 2 aromatic carbocycles. The third kappa shape index (κ3) is 4.60. The Bertz CT molecular complexity index is 891. The van der Waals surface area contributed by atoms with Gasteiger partial charge in [0.05, 0.1) is 21.7 Å². The Balaban J connectivity index is 1.80. The van der Waals surface area contributed by atoms with Gasteiger partial charge in [0.15, 0.2) is 0 Å². The SMILES string of the molecule is CN1CCN(c2ccc([N+](=O)[O-])cc2/C=N/Nc2ccc([N+](=O)[O-])cc2)CC1. The van der Waals surface area contributed by atoms with Gasteiger partial charge in [-0.2, -0.15) is 5.10 Å². The summed E-state index contributed by atoms with van der Waals surface area (Å²) >= 11 is 0. The molecule has 1 heterocycles. The third-order valence-corrected chi connectivity index (χ3v) is 4.54. The first-order chi connectivity index (χ1) is 13.4. The second kappa shape index (κ2) is 8.44. The molecule has 10 nitrogen and oxygen atoms in total. The Hall–Kier alpha value is -3.53. The topological polar surface area (TPSA) is 117 Å². The van der Waals surface area contributed by atoms with Crippen molar-refractivity contribution < 1.29 is 9.85 Å². The highest BCUT2D eigenvalue weighted by Gasteiger charge is 2.18. The van der Waals surface area contributed by atoms with E-state index in [0.717, 1.165) is 31.9 Å². The first kappa shape index (κ1) is 19.2. The average Bonchev–Trinajstić information content (AvgIpc) is 2.69. The van der Waals surface area contributed by atoms with E-state index in [4.69, 9.17) is 0 Å². The average molecular weight is 384 g/mol. The molecule has 146 valence electrons. The molecule has 2 aromatic rings. The van der Waals surface area contributed by atoms with Gasteiger partial charge in [-0.3, -0.25) is 25.7 Å². The summed E-state index contributed by atoms with van der Waals surface area (Å²) in [5, 5.41) is 26.0. The third-order valence-electron chi connectivity index (χ3n) is 4.54. The summed E-state index contributed by atoms with van der Waals surface area (Å²) in [5.41, 5.74) is 4.87. The standard InChI is InChI=1S/C18H20N6O4/c1-21-8-10-22(11-9-21)18-7-6-17(24(27)28)12-14(18)13-19-20-15-2-4-16(5-3-15)23(25)26/h2-7,12-13,20H,8-11H2,1H3/b19-13+. The van der Waals surface area contributed by atoms with Crippen LogP contribution < -0.4 is 10.3 Å². The number of anilines is 2. The van der Waals surface area contributed by atoms with E-state index in [0.29, 0.717) is 11.3 Å². The lowest BCUT2D eigenvalue weighted by Gasteiger charge is -2.34. The summed E-state index contributed by atoms with van der Waals surface area (Å²) in [6.07, 6.45) is 1.53. The van der Waals surface area contributed by atoms with Gasteiger partial charge in [-0.05, 0) is 25.2 Å². The molecule has 3 rings (SSSR count). The van der Waals surface area contributed by atoms with Crippen molar-refractivity contribution in [2.24, 2.45) is 5.10 Å². The van der Waals surface area contributed by atoms with Crippen LogP contribution in [0.4, 0.5) is 22.7 Å². The number of rotatable bonds is 6. The van der Waals surface area contributed by atoms with Gasteiger partial charge in [-0.25, -0.2) is 0 Å². The van der Waals surface area contributed by atoms with Crippen LogP contribution in [0.15, 0.2) is 47.6 Å². The summed E-state index contributed by atoms with van der Waals surface area (Å²) in [6.45, 7) is 3.47. The Kier molecular flexibility index (Phi) is 5.80. The Morgan fingerprint density at radius 2 is 1.57 bits per heavy atom. The molecule has 10 heteroatoms. The maximum absolute atomic E-state index is 11.1. The van der Waals surface area contributed by atoms with Gasteiger partial charge in [0, 0.05) is 61.7 Å². The minimum Gasteiger partial charge on any atom is -0.368 e. The van der Waals surface area contributed by atoms with E-state index in [1.165, 1.54) is 30.5 Å². The molecule has 0 atom stereocenters. The fourth-order valence-electron chi connectivity index (χ4n) is 2.93. The van der Waals surface area contributed by atoms with E-state index in [1.54, 1.807) is 18.2 Å². The van der Waals surface area contributed by atoms with Crippen LogP contribution in [0.25, 0.3) is 0 Å². The van der Waals surface area contributed by atoms with Gasteiger partial charge in [-0.1, -0.05) is 0 Å². The highest BCUT2D eigenvalue weighted by atomic mass is 16.6. The van der Waals surface area contributed by atoms with Crippen molar-refractivity contribution in [2.45, 2.75) is 0 Å². The van der Waals surface area contributed by atoms with Crippen LogP contribution in [0.3, 0.4) is 0 Å². The molecule has 1 aliphatic rings. The number of hydrogen-bond donors (Lipinski definition) is 1. The number of likely N-dealkylation sites (N-methyl/N-ethyl adjacent to an activating group) is 1. The van der Waals surface area contributed by atoms with Crippen LogP contribution in [-0.4, -0.2) is 54.2 Å². The smallest absolute Gasteiger partial charge is 0.270 e. The van der Waals surface area contributed by atoms with E-state index < -0.39 is 9.85 Å². The maximum atomic E-state index is 11.1. The number of nitrogens with zero attached hydrogens (tertiary/aromatic N) is 5. The molecule has 1 fully saturated rings. The summed E-state index contributed by atoms with van der Waals surface area (Å²) in [6, 6.07) is 10.6. The number of non-ortho nitro benzene ring substituents is 2. The maximum Gasteiger partial charge on any atom is 0.270 e. The van der Waals surface area contributed by atoms with Crippen LogP contribution in [0.1, 0.15) is 5.56 Å². The van der Waals surface area contributed by atoms with Gasteiger partial charge in [-0.15, -0.1) is 0 Å². The van der Waals surface area contributed by atoms with Crippen LogP contribution >= 0.6 is 0 Å². The molecule has 0 amide bonds. The Labute approximate surface area is 161 Å². The van der Waals surface area contributed by atoms with Crippen molar-refractivity contribution in [2.75, 3.05) is 43.6 Å². The van der Waals surface area contributed by atoms with Gasteiger partial charge in [0.1, 0.15) is 0 Å². The van der Waals surface area contributed by atoms with Crippen molar-refractivity contribution >= 4 is 29.0 Å². The van der Waals surface area contributed by atoms with Crippen LogP contribution in [-0.2, 0) is 0 Å². The van der Waals surface area contributed by atoms with Crippen molar-refractivity contribution in [3.63, 3.8) is 0 Å². The van der Waals surface area contributed by atoms with E-state index >= 15 is 0 Å².